The van der Waals surface area contributed by atoms with Crippen LogP contribution in [0.1, 0.15) is 63.9 Å². The Bertz CT molecular complexity index is 1050. The molecular formula is C29H35NO2. The topological polar surface area (TPSA) is 40.5 Å². The lowest BCUT2D eigenvalue weighted by Crippen LogP contribution is -2.52. The highest BCUT2D eigenvalue weighted by Gasteiger charge is 2.62. The predicted octanol–water partition coefficient (Wildman–Crippen LogP) is 5.24. The van der Waals surface area contributed by atoms with Gasteiger partial charge in [-0.05, 0) is 105 Å². The van der Waals surface area contributed by atoms with Gasteiger partial charge in [0.15, 0.2) is 5.78 Å². The number of fused-ring (bicyclic) bond motifs is 4. The van der Waals surface area contributed by atoms with Crippen LogP contribution >= 0.6 is 0 Å². The fraction of sp³-hybridized carbons (Fsp3) is 0.552. The molecule has 1 aromatic carbocycles. The van der Waals surface area contributed by atoms with Crippen LogP contribution in [0.15, 0.2) is 47.1 Å². The van der Waals surface area contributed by atoms with E-state index in [4.69, 9.17) is 0 Å². The Morgan fingerprint density at radius 2 is 1.84 bits per heavy atom. The Morgan fingerprint density at radius 1 is 1.06 bits per heavy atom. The molecule has 4 aliphatic rings. The molecule has 0 aliphatic heterocycles. The number of hydrogen-bond acceptors (Lipinski definition) is 3. The van der Waals surface area contributed by atoms with Gasteiger partial charge in [-0.3, -0.25) is 4.79 Å². The Morgan fingerprint density at radius 3 is 2.56 bits per heavy atom. The van der Waals surface area contributed by atoms with Gasteiger partial charge in [0.05, 0.1) is 0 Å². The number of aliphatic hydroxyl groups is 1. The first-order chi connectivity index (χ1) is 15.4. The number of allylic oxidation sites excluding steroid dienone is 4. The molecule has 4 aliphatic carbocycles. The first-order valence-electron chi connectivity index (χ1n) is 12.3. The minimum absolute atomic E-state index is 0.198. The molecule has 2 fully saturated rings. The van der Waals surface area contributed by atoms with Gasteiger partial charge in [-0.25, -0.2) is 0 Å². The minimum Gasteiger partial charge on any atom is -0.378 e. The summed E-state index contributed by atoms with van der Waals surface area (Å²) in [5.41, 5.74) is 5.79. The summed E-state index contributed by atoms with van der Waals surface area (Å²) in [5, 5.41) is 11.9. The standard InChI is InChI=1S/C29H35NO2/c1-4-15-29(32)17-14-27-26-11-7-21-18-23(31)10-12-24(21)25(26)13-16-28(27,29)19-20-5-8-22(9-6-20)30(2)3/h5-6,8-9,18,26-27,32H,7,10-14,16-17,19H2,1-3H3/t26-,27+,28-,29?/m1/s1. The van der Waals surface area contributed by atoms with Crippen LogP contribution in [0.5, 0.6) is 0 Å². The largest absolute Gasteiger partial charge is 0.378 e. The summed E-state index contributed by atoms with van der Waals surface area (Å²) < 4.78 is 0. The summed E-state index contributed by atoms with van der Waals surface area (Å²) in [7, 11) is 4.13. The number of carbonyl (C=O) groups excluding carboxylic acids is 1. The average molecular weight is 430 g/mol. The second kappa shape index (κ2) is 7.92. The van der Waals surface area contributed by atoms with E-state index in [2.05, 4.69) is 55.1 Å². The summed E-state index contributed by atoms with van der Waals surface area (Å²) in [6.07, 6.45) is 10.3. The molecule has 32 heavy (non-hydrogen) atoms. The number of rotatable bonds is 3. The van der Waals surface area contributed by atoms with Gasteiger partial charge in [-0.1, -0.05) is 23.6 Å². The number of benzene rings is 1. The highest BCUT2D eigenvalue weighted by molar-refractivity contribution is 5.93. The molecule has 0 heterocycles. The fourth-order valence-electron chi connectivity index (χ4n) is 7.41. The highest BCUT2D eigenvalue weighted by atomic mass is 16.3. The van der Waals surface area contributed by atoms with Gasteiger partial charge in [0.2, 0.25) is 0 Å². The molecule has 3 heteroatoms. The predicted molar refractivity (Wildman–Crippen MR) is 129 cm³/mol. The molecular weight excluding hydrogens is 394 g/mol. The van der Waals surface area contributed by atoms with Gasteiger partial charge in [-0.15, -0.1) is 5.92 Å². The van der Waals surface area contributed by atoms with E-state index >= 15 is 0 Å². The van der Waals surface area contributed by atoms with Crippen molar-refractivity contribution in [3.63, 3.8) is 0 Å². The van der Waals surface area contributed by atoms with Crippen molar-refractivity contribution in [2.75, 3.05) is 19.0 Å². The minimum atomic E-state index is -0.915. The van der Waals surface area contributed by atoms with Gasteiger partial charge in [-0.2, -0.15) is 0 Å². The maximum absolute atomic E-state index is 12.0. The molecule has 1 unspecified atom stereocenters. The number of carbonyl (C=O) groups is 1. The van der Waals surface area contributed by atoms with Crippen LogP contribution in [-0.2, 0) is 11.2 Å². The van der Waals surface area contributed by atoms with E-state index in [1.54, 1.807) is 5.57 Å². The van der Waals surface area contributed by atoms with Crippen LogP contribution < -0.4 is 4.90 Å². The molecule has 2 saturated carbocycles. The molecule has 4 atom stereocenters. The van der Waals surface area contributed by atoms with E-state index in [1.807, 2.05) is 13.0 Å². The zero-order valence-corrected chi connectivity index (χ0v) is 19.7. The maximum atomic E-state index is 12.0. The molecule has 0 spiro atoms. The zero-order valence-electron chi connectivity index (χ0n) is 19.7. The zero-order chi connectivity index (χ0) is 22.5. The molecule has 0 aromatic heterocycles. The van der Waals surface area contributed by atoms with Crippen molar-refractivity contribution in [2.24, 2.45) is 17.3 Å². The molecule has 0 radical (unpaired) electrons. The molecule has 0 saturated heterocycles. The SMILES string of the molecule is CC#CC1(O)CC[C@H]2[C@@H]3CCC4=CC(=O)CCC4=C3CC[C@@]21Cc1ccc(N(C)C)cc1. The van der Waals surface area contributed by atoms with Crippen molar-refractivity contribution < 1.29 is 9.90 Å². The van der Waals surface area contributed by atoms with Crippen LogP contribution in [0.2, 0.25) is 0 Å². The Labute approximate surface area is 192 Å². The van der Waals surface area contributed by atoms with Gasteiger partial charge in [0.25, 0.3) is 0 Å². The smallest absolute Gasteiger partial charge is 0.156 e. The van der Waals surface area contributed by atoms with Gasteiger partial charge >= 0.3 is 0 Å². The Hall–Kier alpha value is -2.31. The summed E-state index contributed by atoms with van der Waals surface area (Å²) in [5.74, 6) is 7.64. The van der Waals surface area contributed by atoms with E-state index in [-0.39, 0.29) is 5.41 Å². The lowest BCUT2D eigenvalue weighted by atomic mass is 9.52. The Kier molecular flexibility index (Phi) is 5.33. The first-order valence-corrected chi connectivity index (χ1v) is 12.3. The molecule has 168 valence electrons. The second-order valence-electron chi connectivity index (χ2n) is 10.6. The molecule has 0 amide bonds. The van der Waals surface area contributed by atoms with Gasteiger partial charge in [0.1, 0.15) is 5.60 Å². The van der Waals surface area contributed by atoms with E-state index < -0.39 is 5.60 Å². The summed E-state index contributed by atoms with van der Waals surface area (Å²) in [4.78, 5) is 14.1. The van der Waals surface area contributed by atoms with Gasteiger partial charge < -0.3 is 10.0 Å². The maximum Gasteiger partial charge on any atom is 0.156 e. The van der Waals surface area contributed by atoms with E-state index in [1.165, 1.54) is 22.4 Å². The first kappa shape index (κ1) is 21.5. The molecule has 1 N–H and O–H groups in total. The van der Waals surface area contributed by atoms with Crippen LogP contribution in [0.3, 0.4) is 0 Å². The monoisotopic (exact) mass is 429 g/mol. The highest BCUT2D eigenvalue weighted by Crippen LogP contribution is 2.64. The molecule has 1 aromatic rings. The van der Waals surface area contributed by atoms with Crippen molar-refractivity contribution in [3.8, 4) is 11.8 Å². The fourth-order valence-corrected chi connectivity index (χ4v) is 7.41. The lowest BCUT2D eigenvalue weighted by Gasteiger charge is -2.52. The van der Waals surface area contributed by atoms with Crippen molar-refractivity contribution in [3.05, 3.63) is 52.6 Å². The second-order valence-corrected chi connectivity index (χ2v) is 10.6. The van der Waals surface area contributed by atoms with Crippen LogP contribution in [-0.4, -0.2) is 30.6 Å². The third kappa shape index (κ3) is 3.27. The number of anilines is 1. The summed E-state index contributed by atoms with van der Waals surface area (Å²) >= 11 is 0. The van der Waals surface area contributed by atoms with Gasteiger partial charge in [0, 0.05) is 31.6 Å². The molecule has 0 bridgehead atoms. The third-order valence-electron chi connectivity index (χ3n) is 8.88. The van der Waals surface area contributed by atoms with Crippen molar-refractivity contribution >= 4 is 11.5 Å². The van der Waals surface area contributed by atoms with Crippen LogP contribution in [0.4, 0.5) is 5.69 Å². The van der Waals surface area contributed by atoms with E-state index in [0.29, 0.717) is 24.0 Å². The lowest BCUT2D eigenvalue weighted by molar-refractivity contribution is -0.114. The Balaban J connectivity index is 1.54. The van der Waals surface area contributed by atoms with Crippen molar-refractivity contribution in [1.29, 1.82) is 0 Å². The van der Waals surface area contributed by atoms with Crippen LogP contribution in [0, 0.1) is 29.1 Å². The third-order valence-corrected chi connectivity index (χ3v) is 8.88. The van der Waals surface area contributed by atoms with Crippen molar-refractivity contribution in [1.82, 2.24) is 0 Å². The summed E-state index contributed by atoms with van der Waals surface area (Å²) in [6.45, 7) is 1.86. The van der Waals surface area contributed by atoms with E-state index in [9.17, 15) is 9.90 Å². The number of hydrogen-bond donors (Lipinski definition) is 1. The number of ketones is 1. The molecule has 5 rings (SSSR count). The van der Waals surface area contributed by atoms with Crippen molar-refractivity contribution in [2.45, 2.75) is 70.3 Å². The normalized spacial score (nSPS) is 33.5. The summed E-state index contributed by atoms with van der Waals surface area (Å²) in [6, 6.07) is 8.85. The van der Waals surface area contributed by atoms with Crippen LogP contribution in [0.25, 0.3) is 0 Å². The van der Waals surface area contributed by atoms with E-state index in [0.717, 1.165) is 51.4 Å². The quantitative estimate of drug-likeness (QED) is 0.669. The molecule has 3 nitrogen and oxygen atoms in total. The average Bonchev–Trinajstić information content (AvgIpc) is 3.06. The number of nitrogens with zero attached hydrogens (tertiary/aromatic N) is 1.